The monoisotopic (exact) mass is 305 g/mol. The predicted octanol–water partition coefficient (Wildman–Crippen LogP) is 2.45. The van der Waals surface area contributed by atoms with Crippen molar-refractivity contribution in [2.75, 3.05) is 24.3 Å². The fourth-order valence-corrected chi connectivity index (χ4v) is 2.73. The maximum absolute atomic E-state index is 12.2. The van der Waals surface area contributed by atoms with Crippen LogP contribution >= 0.6 is 11.3 Å². The topological polar surface area (TPSA) is 86.5 Å². The van der Waals surface area contributed by atoms with E-state index in [0.717, 1.165) is 6.42 Å². The molecule has 1 aromatic heterocycles. The summed E-state index contributed by atoms with van der Waals surface area (Å²) in [4.78, 5) is 16.9. The summed E-state index contributed by atoms with van der Waals surface area (Å²) in [5.74, 6) is 0.978. The smallest absolute Gasteiger partial charge is 0.267 e. The molecule has 1 amide bonds. The summed E-state index contributed by atoms with van der Waals surface area (Å²) >= 11 is 1.29. The number of nitrogens with two attached hydrogens (primary N) is 1. The highest BCUT2D eigenvalue weighted by Crippen LogP contribution is 2.36. The number of nitrogens with one attached hydrogen (secondary N) is 1. The predicted molar refractivity (Wildman–Crippen MR) is 81.3 cm³/mol. The third kappa shape index (κ3) is 2.78. The largest absolute Gasteiger partial charge is 0.489 e. The van der Waals surface area contributed by atoms with E-state index in [1.54, 1.807) is 24.6 Å². The van der Waals surface area contributed by atoms with E-state index in [-0.39, 0.29) is 5.91 Å². The molecule has 1 aromatic carbocycles. The second-order valence-corrected chi connectivity index (χ2v) is 5.51. The number of hydrogen-bond acceptors (Lipinski definition) is 6. The van der Waals surface area contributed by atoms with Crippen LogP contribution < -0.4 is 20.5 Å². The van der Waals surface area contributed by atoms with Crippen LogP contribution in [0.3, 0.4) is 0 Å². The molecule has 21 heavy (non-hydrogen) atoms. The maximum Gasteiger partial charge on any atom is 0.267 e. The molecule has 110 valence electrons. The van der Waals surface area contributed by atoms with Crippen molar-refractivity contribution in [3.8, 4) is 11.5 Å². The van der Waals surface area contributed by atoms with Gasteiger partial charge in [-0.1, -0.05) is 0 Å². The second-order valence-electron chi connectivity index (χ2n) is 4.66. The zero-order valence-corrected chi connectivity index (χ0v) is 12.3. The molecule has 0 saturated heterocycles. The minimum atomic E-state index is -0.226. The average Bonchev–Trinajstić information content (AvgIpc) is 2.75. The van der Waals surface area contributed by atoms with Crippen molar-refractivity contribution in [1.82, 2.24) is 4.98 Å². The molecule has 0 saturated carbocycles. The fourth-order valence-electron chi connectivity index (χ4n) is 2.03. The molecule has 2 heterocycles. The third-order valence-corrected chi connectivity index (χ3v) is 4.05. The number of fused-ring (bicyclic) bond motifs is 1. The van der Waals surface area contributed by atoms with Gasteiger partial charge in [-0.05, 0) is 6.92 Å². The molecule has 0 aliphatic carbocycles. The molecule has 0 fully saturated rings. The molecule has 2 aromatic rings. The normalized spacial score (nSPS) is 13.6. The Morgan fingerprint density at radius 2 is 2.05 bits per heavy atom. The molecular formula is C14H15N3O3S. The number of carbonyl (C=O) groups excluding carboxylic acids is 1. The Bertz CT molecular complexity index is 684. The van der Waals surface area contributed by atoms with Crippen LogP contribution in [0.1, 0.15) is 21.8 Å². The van der Waals surface area contributed by atoms with Crippen molar-refractivity contribution in [2.24, 2.45) is 0 Å². The summed E-state index contributed by atoms with van der Waals surface area (Å²) in [7, 11) is 0. The second kappa shape index (κ2) is 5.61. The summed E-state index contributed by atoms with van der Waals surface area (Å²) < 4.78 is 11.2. The number of anilines is 2. The lowest BCUT2D eigenvalue weighted by molar-refractivity contribution is 0.103. The van der Waals surface area contributed by atoms with E-state index in [2.05, 4.69) is 10.3 Å². The van der Waals surface area contributed by atoms with Gasteiger partial charge in [0.15, 0.2) is 11.5 Å². The van der Waals surface area contributed by atoms with Gasteiger partial charge in [0, 0.05) is 18.6 Å². The number of nitrogens with zero attached hydrogens (tertiary/aromatic N) is 1. The molecule has 7 heteroatoms. The summed E-state index contributed by atoms with van der Waals surface area (Å²) in [5, 5.41) is 2.79. The summed E-state index contributed by atoms with van der Waals surface area (Å²) in [6.07, 6.45) is 0.816. The quantitative estimate of drug-likeness (QED) is 0.832. The molecule has 1 aliphatic rings. The first-order valence-electron chi connectivity index (χ1n) is 6.55. The molecule has 3 rings (SSSR count). The van der Waals surface area contributed by atoms with Gasteiger partial charge in [-0.2, -0.15) is 0 Å². The number of ether oxygens (including phenoxy) is 2. The molecule has 0 atom stereocenters. The molecule has 6 nitrogen and oxygen atoms in total. The van der Waals surface area contributed by atoms with Crippen LogP contribution in [0.25, 0.3) is 0 Å². The first kappa shape index (κ1) is 13.7. The number of aryl methyl sites for hydroxylation is 1. The minimum Gasteiger partial charge on any atom is -0.489 e. The lowest BCUT2D eigenvalue weighted by Gasteiger charge is -2.13. The number of carbonyl (C=O) groups is 1. The Labute approximate surface area is 125 Å². The number of benzene rings is 1. The van der Waals surface area contributed by atoms with Gasteiger partial charge in [-0.3, -0.25) is 4.79 Å². The van der Waals surface area contributed by atoms with Crippen LogP contribution in [-0.4, -0.2) is 24.1 Å². The van der Waals surface area contributed by atoms with Crippen molar-refractivity contribution in [2.45, 2.75) is 13.3 Å². The molecule has 0 spiro atoms. The molecular weight excluding hydrogens is 290 g/mol. The molecule has 3 N–H and O–H groups in total. The van der Waals surface area contributed by atoms with Gasteiger partial charge in [0.1, 0.15) is 4.88 Å². The van der Waals surface area contributed by atoms with Gasteiger partial charge in [0.05, 0.1) is 35.8 Å². The van der Waals surface area contributed by atoms with E-state index in [1.165, 1.54) is 11.3 Å². The van der Waals surface area contributed by atoms with Crippen LogP contribution in [0.4, 0.5) is 11.4 Å². The van der Waals surface area contributed by atoms with Gasteiger partial charge >= 0.3 is 0 Å². The Kier molecular flexibility index (Phi) is 3.66. The highest BCUT2D eigenvalue weighted by atomic mass is 32.1. The Hall–Kier alpha value is -2.28. The van der Waals surface area contributed by atoms with Crippen LogP contribution in [0.5, 0.6) is 11.5 Å². The Morgan fingerprint density at radius 1 is 1.33 bits per heavy atom. The Morgan fingerprint density at radius 3 is 2.71 bits per heavy atom. The minimum absolute atomic E-state index is 0.226. The average molecular weight is 305 g/mol. The number of thiazole rings is 1. The SMILES string of the molecule is Cc1ncsc1C(=O)Nc1cc2c(cc1N)OCCCO2. The van der Waals surface area contributed by atoms with Crippen LogP contribution in [0.15, 0.2) is 17.6 Å². The number of rotatable bonds is 2. The van der Waals surface area contributed by atoms with Crippen LogP contribution in [0.2, 0.25) is 0 Å². The van der Waals surface area contributed by atoms with Crippen molar-refractivity contribution in [3.63, 3.8) is 0 Å². The van der Waals surface area contributed by atoms with E-state index in [1.807, 2.05) is 0 Å². The number of nitrogen functional groups attached to an aromatic ring is 1. The van der Waals surface area contributed by atoms with Gasteiger partial charge in [-0.25, -0.2) is 4.98 Å². The number of aromatic nitrogens is 1. The van der Waals surface area contributed by atoms with E-state index >= 15 is 0 Å². The van der Waals surface area contributed by atoms with Crippen LogP contribution in [-0.2, 0) is 0 Å². The van der Waals surface area contributed by atoms with Gasteiger partial charge in [-0.15, -0.1) is 11.3 Å². The first-order valence-corrected chi connectivity index (χ1v) is 7.43. The highest BCUT2D eigenvalue weighted by Gasteiger charge is 2.17. The number of hydrogen-bond donors (Lipinski definition) is 2. The molecule has 0 radical (unpaired) electrons. The van der Waals surface area contributed by atoms with Crippen molar-refractivity contribution < 1.29 is 14.3 Å². The van der Waals surface area contributed by atoms with Crippen molar-refractivity contribution in [3.05, 3.63) is 28.2 Å². The molecule has 1 aliphatic heterocycles. The van der Waals surface area contributed by atoms with Crippen LogP contribution in [0, 0.1) is 6.92 Å². The van der Waals surface area contributed by atoms with E-state index in [4.69, 9.17) is 15.2 Å². The zero-order chi connectivity index (χ0) is 14.8. The highest BCUT2D eigenvalue weighted by molar-refractivity contribution is 7.12. The van der Waals surface area contributed by atoms with Crippen molar-refractivity contribution in [1.29, 1.82) is 0 Å². The summed E-state index contributed by atoms with van der Waals surface area (Å²) in [6.45, 7) is 2.97. The first-order chi connectivity index (χ1) is 10.1. The molecule has 0 bridgehead atoms. The van der Waals surface area contributed by atoms with E-state index < -0.39 is 0 Å². The van der Waals surface area contributed by atoms with E-state index in [9.17, 15) is 4.79 Å². The molecule has 0 unspecified atom stereocenters. The standard InChI is InChI=1S/C14H15N3O3S/c1-8-13(21-7-16-8)14(18)17-10-6-12-11(5-9(10)15)19-3-2-4-20-12/h5-7H,2-4,15H2,1H3,(H,17,18). The van der Waals surface area contributed by atoms with Crippen molar-refractivity contribution >= 4 is 28.6 Å². The zero-order valence-electron chi connectivity index (χ0n) is 11.5. The summed E-state index contributed by atoms with van der Waals surface area (Å²) in [5.41, 5.74) is 9.26. The van der Waals surface area contributed by atoms with Gasteiger partial charge in [0.25, 0.3) is 5.91 Å². The maximum atomic E-state index is 12.2. The Balaban J connectivity index is 1.87. The van der Waals surface area contributed by atoms with Gasteiger partial charge in [0.2, 0.25) is 0 Å². The lowest BCUT2D eigenvalue weighted by atomic mass is 10.2. The van der Waals surface area contributed by atoms with Gasteiger partial charge < -0.3 is 20.5 Å². The summed E-state index contributed by atoms with van der Waals surface area (Å²) in [6, 6.07) is 3.38. The fraction of sp³-hybridized carbons (Fsp3) is 0.286. The lowest BCUT2D eigenvalue weighted by Crippen LogP contribution is -2.13. The third-order valence-electron chi connectivity index (χ3n) is 3.12. The number of amides is 1. The van der Waals surface area contributed by atoms with E-state index in [0.29, 0.717) is 46.7 Å².